The molecule has 0 saturated heterocycles. The molecule has 0 fully saturated rings. The van der Waals surface area contributed by atoms with Gasteiger partial charge in [-0.05, 0) is 45.0 Å². The number of nitrogens with zero attached hydrogens (tertiary/aromatic N) is 3. The first-order chi connectivity index (χ1) is 10.2. The molecule has 1 aliphatic heterocycles. The third kappa shape index (κ3) is 2.61. The molecule has 1 heterocycles. The van der Waals surface area contributed by atoms with Gasteiger partial charge in [0.05, 0.1) is 0 Å². The van der Waals surface area contributed by atoms with Gasteiger partial charge in [-0.1, -0.05) is 36.4 Å². The van der Waals surface area contributed by atoms with Gasteiger partial charge in [0.25, 0.3) is 0 Å². The van der Waals surface area contributed by atoms with Gasteiger partial charge < -0.3 is 4.72 Å². The number of para-hydroxylation sites is 2. The van der Waals surface area contributed by atoms with Crippen LogP contribution in [0.1, 0.15) is 0 Å². The summed E-state index contributed by atoms with van der Waals surface area (Å²) in [6, 6.07) is 21.1. The van der Waals surface area contributed by atoms with Gasteiger partial charge >= 0.3 is 14.0 Å². The van der Waals surface area contributed by atoms with Crippen LogP contribution < -0.4 is 4.81 Å². The fraction of sp³-hybridized carbons (Fsp3) is 0.188. The van der Waals surface area contributed by atoms with Gasteiger partial charge in [-0.25, -0.2) is 0 Å². The van der Waals surface area contributed by atoms with Crippen LogP contribution in [0.25, 0.3) is 0 Å². The minimum Gasteiger partial charge on any atom is -0.303 e. The molecule has 5 heteroatoms. The standard InChI is InChI=1S/C16H20B2N3/c1-17-19(3)18(2)21(16-12-8-5-9-13-16)14-20(17)15-10-6-4-7-11-15/h4-14H,1-3H3/q+1. The van der Waals surface area contributed by atoms with E-state index in [4.69, 9.17) is 0 Å². The molecule has 0 amide bonds. The van der Waals surface area contributed by atoms with Gasteiger partial charge in [0.1, 0.15) is 11.4 Å². The monoisotopic (exact) mass is 276 g/mol. The molecular weight excluding hydrogens is 256 g/mol. The molecule has 2 aromatic rings. The number of benzene rings is 2. The van der Waals surface area contributed by atoms with Crippen molar-refractivity contribution >= 4 is 31.7 Å². The SMILES string of the molecule is CB1N(C)B(C)[N+](c2ccccc2)=CN1c1ccccc1. The molecule has 0 radical (unpaired) electrons. The van der Waals surface area contributed by atoms with E-state index >= 15 is 0 Å². The highest BCUT2D eigenvalue weighted by Gasteiger charge is 2.43. The lowest BCUT2D eigenvalue weighted by molar-refractivity contribution is -0.291. The fourth-order valence-corrected chi connectivity index (χ4v) is 2.80. The van der Waals surface area contributed by atoms with Crippen molar-refractivity contribution in [3.8, 4) is 0 Å². The quantitative estimate of drug-likeness (QED) is 0.780. The summed E-state index contributed by atoms with van der Waals surface area (Å²) in [4.78, 5) is 2.31. The van der Waals surface area contributed by atoms with Crippen molar-refractivity contribution in [1.29, 1.82) is 0 Å². The highest BCUT2D eigenvalue weighted by atomic mass is 15.3. The highest BCUT2D eigenvalue weighted by molar-refractivity contribution is 6.74. The molecule has 3 nitrogen and oxygen atoms in total. The van der Waals surface area contributed by atoms with Crippen LogP contribution in [0.15, 0.2) is 60.7 Å². The lowest BCUT2D eigenvalue weighted by Crippen LogP contribution is -2.62. The normalized spacial score (nSPS) is 16.1. The van der Waals surface area contributed by atoms with Crippen LogP contribution in [-0.2, 0) is 0 Å². The van der Waals surface area contributed by atoms with Crippen LogP contribution in [0.4, 0.5) is 11.4 Å². The first kappa shape index (κ1) is 14.0. The molecule has 0 saturated carbocycles. The molecular formula is C16H20B2N3+. The zero-order valence-electron chi connectivity index (χ0n) is 12.8. The molecule has 0 bridgehead atoms. The number of rotatable bonds is 2. The molecule has 3 rings (SSSR count). The van der Waals surface area contributed by atoms with E-state index in [-0.39, 0.29) is 0 Å². The number of hydrogen-bond donors (Lipinski definition) is 0. The average Bonchev–Trinajstić information content (AvgIpc) is 2.55. The Morgan fingerprint density at radius 1 is 0.857 bits per heavy atom. The van der Waals surface area contributed by atoms with E-state index in [2.05, 4.69) is 102 Å². The molecule has 0 N–H and O–H groups in total. The Labute approximate surface area is 127 Å². The molecule has 0 aliphatic carbocycles. The fourth-order valence-electron chi connectivity index (χ4n) is 2.80. The van der Waals surface area contributed by atoms with Crippen LogP contribution in [0.5, 0.6) is 0 Å². The van der Waals surface area contributed by atoms with Gasteiger partial charge in [-0.15, -0.1) is 0 Å². The Kier molecular flexibility index (Phi) is 3.84. The predicted molar refractivity (Wildman–Crippen MR) is 92.3 cm³/mol. The van der Waals surface area contributed by atoms with Gasteiger partial charge in [0.2, 0.25) is 6.34 Å². The topological polar surface area (TPSA) is 9.49 Å². The molecule has 2 aromatic carbocycles. The Hall–Kier alpha value is -2.00. The van der Waals surface area contributed by atoms with E-state index in [9.17, 15) is 0 Å². The number of anilines is 1. The van der Waals surface area contributed by atoms with Crippen molar-refractivity contribution in [3.63, 3.8) is 0 Å². The summed E-state index contributed by atoms with van der Waals surface area (Å²) in [5.74, 6) is 0. The minimum absolute atomic E-state index is 0.322. The van der Waals surface area contributed by atoms with E-state index < -0.39 is 0 Å². The molecule has 0 spiro atoms. The largest absolute Gasteiger partial charge is 0.457 e. The Morgan fingerprint density at radius 2 is 1.43 bits per heavy atom. The van der Waals surface area contributed by atoms with Crippen molar-refractivity contribution in [2.75, 3.05) is 11.9 Å². The Balaban J connectivity index is 2.06. The second-order valence-electron chi connectivity index (χ2n) is 5.53. The summed E-state index contributed by atoms with van der Waals surface area (Å²) in [7, 11) is 2.17. The maximum atomic E-state index is 2.38. The first-order valence-electron chi connectivity index (χ1n) is 7.42. The van der Waals surface area contributed by atoms with E-state index in [1.807, 2.05) is 0 Å². The second kappa shape index (κ2) is 5.78. The first-order valence-corrected chi connectivity index (χ1v) is 7.42. The smallest absolute Gasteiger partial charge is 0.303 e. The van der Waals surface area contributed by atoms with Crippen molar-refractivity contribution in [1.82, 2.24) is 4.72 Å². The van der Waals surface area contributed by atoms with E-state index in [0.717, 1.165) is 0 Å². The molecule has 0 unspecified atom stereocenters. The summed E-state index contributed by atoms with van der Waals surface area (Å²) in [5, 5.41) is 0. The van der Waals surface area contributed by atoms with Crippen LogP contribution >= 0.6 is 0 Å². The van der Waals surface area contributed by atoms with Crippen molar-refractivity contribution in [3.05, 3.63) is 60.7 Å². The zero-order valence-corrected chi connectivity index (χ0v) is 12.8. The third-order valence-electron chi connectivity index (χ3n) is 4.34. The summed E-state index contributed by atoms with van der Waals surface area (Å²) < 4.78 is 4.69. The molecule has 0 atom stereocenters. The number of hydrogen-bond acceptors (Lipinski definition) is 2. The Morgan fingerprint density at radius 3 is 2.05 bits per heavy atom. The molecule has 1 aliphatic rings. The van der Waals surface area contributed by atoms with Gasteiger partial charge in [-0.3, -0.25) is 9.30 Å². The summed E-state index contributed by atoms with van der Waals surface area (Å²) in [6.45, 7) is 5.12. The van der Waals surface area contributed by atoms with Crippen molar-refractivity contribution in [2.45, 2.75) is 13.6 Å². The molecule has 0 aromatic heterocycles. The van der Waals surface area contributed by atoms with Gasteiger partial charge in [0, 0.05) is 0 Å². The maximum absolute atomic E-state index is 2.38. The van der Waals surface area contributed by atoms with Crippen molar-refractivity contribution in [2.24, 2.45) is 0 Å². The van der Waals surface area contributed by atoms with Crippen molar-refractivity contribution < 1.29 is 4.49 Å². The minimum atomic E-state index is 0.322. The van der Waals surface area contributed by atoms with E-state index in [1.165, 1.54) is 11.4 Å². The van der Waals surface area contributed by atoms with Crippen LogP contribution in [0, 0.1) is 0 Å². The van der Waals surface area contributed by atoms with E-state index in [1.54, 1.807) is 0 Å². The van der Waals surface area contributed by atoms with Gasteiger partial charge in [-0.2, -0.15) is 0 Å². The highest BCUT2D eigenvalue weighted by Crippen LogP contribution is 2.22. The maximum Gasteiger partial charge on any atom is 0.457 e. The molecule has 104 valence electrons. The lowest BCUT2D eigenvalue weighted by Gasteiger charge is -2.34. The Bertz CT molecular complexity index is 630. The van der Waals surface area contributed by atoms with Gasteiger partial charge in [0.15, 0.2) is 0 Å². The van der Waals surface area contributed by atoms with Crippen LogP contribution in [0.2, 0.25) is 13.6 Å². The van der Waals surface area contributed by atoms with Crippen LogP contribution in [0.3, 0.4) is 0 Å². The third-order valence-corrected chi connectivity index (χ3v) is 4.34. The van der Waals surface area contributed by atoms with E-state index in [0.29, 0.717) is 14.0 Å². The lowest BCUT2D eigenvalue weighted by atomic mass is 9.59. The summed E-state index contributed by atoms with van der Waals surface area (Å²) >= 11 is 0. The second-order valence-corrected chi connectivity index (χ2v) is 5.53. The average molecular weight is 276 g/mol. The molecule has 21 heavy (non-hydrogen) atoms. The van der Waals surface area contributed by atoms with Crippen LogP contribution in [-0.4, -0.2) is 36.6 Å². The summed E-state index contributed by atoms with van der Waals surface area (Å²) in [6.07, 6.45) is 2.22. The zero-order chi connectivity index (χ0) is 14.8. The predicted octanol–water partition coefficient (Wildman–Crippen LogP) is 3.05. The summed E-state index contributed by atoms with van der Waals surface area (Å²) in [5.41, 5.74) is 2.43.